The van der Waals surface area contributed by atoms with E-state index in [1.54, 1.807) is 0 Å². The summed E-state index contributed by atoms with van der Waals surface area (Å²) in [6.07, 6.45) is 0. The molecule has 0 aliphatic heterocycles. The highest BCUT2D eigenvalue weighted by Gasteiger charge is 2.19. The minimum Gasteiger partial charge on any atom is -0.454 e. The molecule has 2 aromatic heterocycles. The SMILES string of the molecule is Cc1ccc2c(c1)c1cc(-c3ccc(N(c4ccc(-c5ccccc5)cc4)c4ccc(-c5ccccc5)cc4)cc3)ccc1n2-c1cccc2c1oc1ccccc12. The van der Waals surface area contributed by atoms with Gasteiger partial charge in [-0.3, -0.25) is 0 Å². The normalized spacial score (nSPS) is 11.5. The number of hydrogen-bond donors (Lipinski definition) is 0. The average molecular weight is 743 g/mol. The number of anilines is 3. The van der Waals surface area contributed by atoms with Gasteiger partial charge in [0.15, 0.2) is 5.58 Å². The van der Waals surface area contributed by atoms with E-state index in [-0.39, 0.29) is 0 Å². The molecule has 0 aliphatic rings. The molecule has 0 saturated heterocycles. The van der Waals surface area contributed by atoms with Crippen molar-refractivity contribution in [1.29, 1.82) is 0 Å². The Morgan fingerprint density at radius 1 is 0.362 bits per heavy atom. The fourth-order valence-electron chi connectivity index (χ4n) is 8.60. The molecule has 0 N–H and O–H groups in total. The van der Waals surface area contributed by atoms with Crippen molar-refractivity contribution >= 4 is 60.8 Å². The van der Waals surface area contributed by atoms with Crippen LogP contribution in [0.4, 0.5) is 17.1 Å². The number of aromatic nitrogens is 1. The van der Waals surface area contributed by atoms with Gasteiger partial charge in [-0.25, -0.2) is 0 Å². The van der Waals surface area contributed by atoms with Gasteiger partial charge in [0.25, 0.3) is 0 Å². The molecule has 0 aliphatic carbocycles. The number of rotatable bonds is 7. The van der Waals surface area contributed by atoms with Gasteiger partial charge in [0, 0.05) is 38.6 Å². The maximum atomic E-state index is 6.54. The lowest BCUT2D eigenvalue weighted by molar-refractivity contribution is 0.666. The number of nitrogens with zero attached hydrogens (tertiary/aromatic N) is 2. The van der Waals surface area contributed by atoms with Gasteiger partial charge in [-0.15, -0.1) is 0 Å². The van der Waals surface area contributed by atoms with E-state index >= 15 is 0 Å². The molecule has 11 rings (SSSR count). The van der Waals surface area contributed by atoms with E-state index in [0.29, 0.717) is 0 Å². The van der Waals surface area contributed by atoms with Gasteiger partial charge in [-0.1, -0.05) is 145 Å². The van der Waals surface area contributed by atoms with Crippen LogP contribution in [0.25, 0.3) is 82.8 Å². The molecule has 0 unspecified atom stereocenters. The number of hydrogen-bond acceptors (Lipinski definition) is 2. The molecule has 0 bridgehead atoms. The van der Waals surface area contributed by atoms with Crippen molar-refractivity contribution in [2.75, 3.05) is 4.90 Å². The highest BCUT2D eigenvalue weighted by atomic mass is 16.3. The first kappa shape index (κ1) is 33.7. The second-order valence-corrected chi connectivity index (χ2v) is 15.0. The van der Waals surface area contributed by atoms with E-state index in [4.69, 9.17) is 4.42 Å². The van der Waals surface area contributed by atoms with Gasteiger partial charge < -0.3 is 13.9 Å². The average Bonchev–Trinajstić information content (AvgIpc) is 3.83. The molecule has 274 valence electrons. The minimum atomic E-state index is 0.900. The maximum Gasteiger partial charge on any atom is 0.159 e. The topological polar surface area (TPSA) is 21.3 Å². The van der Waals surface area contributed by atoms with Crippen molar-refractivity contribution in [1.82, 2.24) is 4.57 Å². The summed E-state index contributed by atoms with van der Waals surface area (Å²) < 4.78 is 8.91. The molecule has 3 nitrogen and oxygen atoms in total. The number of aryl methyl sites for hydroxylation is 1. The lowest BCUT2D eigenvalue weighted by atomic mass is 10.0. The number of para-hydroxylation sites is 2. The third-order valence-electron chi connectivity index (χ3n) is 11.5. The molecule has 0 atom stereocenters. The van der Waals surface area contributed by atoms with E-state index in [0.717, 1.165) is 61.3 Å². The van der Waals surface area contributed by atoms with Crippen LogP contribution in [0.5, 0.6) is 0 Å². The zero-order valence-electron chi connectivity index (χ0n) is 32.0. The summed E-state index contributed by atoms with van der Waals surface area (Å²) in [4.78, 5) is 2.34. The van der Waals surface area contributed by atoms with E-state index in [9.17, 15) is 0 Å². The molecule has 0 amide bonds. The Hall–Kier alpha value is -7.62. The molecule has 11 aromatic rings. The van der Waals surface area contributed by atoms with Crippen LogP contribution in [0.1, 0.15) is 5.56 Å². The number of fused-ring (bicyclic) bond motifs is 6. The first-order valence-electron chi connectivity index (χ1n) is 19.8. The van der Waals surface area contributed by atoms with Crippen LogP contribution in [0.3, 0.4) is 0 Å². The second-order valence-electron chi connectivity index (χ2n) is 15.0. The first-order chi connectivity index (χ1) is 28.7. The molecule has 0 fully saturated rings. The van der Waals surface area contributed by atoms with E-state index < -0.39 is 0 Å². The molecule has 0 radical (unpaired) electrons. The zero-order chi connectivity index (χ0) is 38.6. The fraction of sp³-hybridized carbons (Fsp3) is 0.0182. The standard InChI is InChI=1S/C55H38N2O/c1-37-19-33-51-49(35-37)50-36-43(26-34-52(50)57(51)53-17-10-16-48-47-15-8-9-18-54(47)58-55(48)53)42-24-31-46(32-25-42)56(44-27-20-40(21-28-44)38-11-4-2-5-12-38)45-29-22-41(23-30-45)39-13-6-3-7-14-39/h2-36H,1H3. The summed E-state index contributed by atoms with van der Waals surface area (Å²) in [5.41, 5.74) is 16.8. The van der Waals surface area contributed by atoms with Crippen LogP contribution in [-0.4, -0.2) is 4.57 Å². The minimum absolute atomic E-state index is 0.900. The molecule has 3 heteroatoms. The largest absolute Gasteiger partial charge is 0.454 e. The number of furan rings is 1. The van der Waals surface area contributed by atoms with E-state index in [1.807, 2.05) is 12.1 Å². The number of benzene rings is 9. The van der Waals surface area contributed by atoms with Crippen LogP contribution < -0.4 is 4.90 Å². The Balaban J connectivity index is 0.998. The molecule has 58 heavy (non-hydrogen) atoms. The van der Waals surface area contributed by atoms with Gasteiger partial charge in [-0.05, 0) is 113 Å². The summed E-state index contributed by atoms with van der Waals surface area (Å²) in [5, 5.41) is 4.70. The van der Waals surface area contributed by atoms with Crippen molar-refractivity contribution in [3.63, 3.8) is 0 Å². The van der Waals surface area contributed by atoms with Crippen LogP contribution in [0, 0.1) is 6.92 Å². The fourth-order valence-corrected chi connectivity index (χ4v) is 8.60. The van der Waals surface area contributed by atoms with Crippen molar-refractivity contribution in [2.24, 2.45) is 0 Å². The van der Waals surface area contributed by atoms with Crippen LogP contribution >= 0.6 is 0 Å². The lowest BCUT2D eigenvalue weighted by Crippen LogP contribution is -2.09. The van der Waals surface area contributed by atoms with Crippen LogP contribution in [0.2, 0.25) is 0 Å². The van der Waals surface area contributed by atoms with E-state index in [2.05, 4.69) is 217 Å². The summed E-state index contributed by atoms with van der Waals surface area (Å²) in [6.45, 7) is 2.17. The Bertz CT molecular complexity index is 3170. The van der Waals surface area contributed by atoms with E-state index in [1.165, 1.54) is 44.2 Å². The summed E-state index contributed by atoms with van der Waals surface area (Å²) in [7, 11) is 0. The Morgan fingerprint density at radius 3 is 1.43 bits per heavy atom. The van der Waals surface area contributed by atoms with Crippen LogP contribution in [-0.2, 0) is 0 Å². The second kappa shape index (κ2) is 13.8. The van der Waals surface area contributed by atoms with Crippen molar-refractivity contribution < 1.29 is 4.42 Å². The van der Waals surface area contributed by atoms with Crippen molar-refractivity contribution in [2.45, 2.75) is 6.92 Å². The zero-order valence-corrected chi connectivity index (χ0v) is 32.0. The molecule has 9 aromatic carbocycles. The van der Waals surface area contributed by atoms with Gasteiger partial charge in [0.05, 0.1) is 16.7 Å². The summed E-state index contributed by atoms with van der Waals surface area (Å²) in [5.74, 6) is 0. The Labute approximate surface area is 337 Å². The predicted molar refractivity (Wildman–Crippen MR) is 244 cm³/mol. The van der Waals surface area contributed by atoms with Crippen LogP contribution in [0.15, 0.2) is 217 Å². The molecule has 0 saturated carbocycles. The highest BCUT2D eigenvalue weighted by molar-refractivity contribution is 6.13. The van der Waals surface area contributed by atoms with Crippen molar-refractivity contribution in [3.8, 4) is 39.1 Å². The first-order valence-corrected chi connectivity index (χ1v) is 19.8. The van der Waals surface area contributed by atoms with Gasteiger partial charge in [0.2, 0.25) is 0 Å². The quantitative estimate of drug-likeness (QED) is 0.162. The molecular weight excluding hydrogens is 705 g/mol. The Morgan fingerprint density at radius 2 is 0.828 bits per heavy atom. The Kier molecular flexibility index (Phi) is 8.04. The maximum absolute atomic E-state index is 6.54. The highest BCUT2D eigenvalue weighted by Crippen LogP contribution is 2.41. The third-order valence-corrected chi connectivity index (χ3v) is 11.5. The van der Waals surface area contributed by atoms with Gasteiger partial charge in [0.1, 0.15) is 5.58 Å². The monoisotopic (exact) mass is 742 g/mol. The van der Waals surface area contributed by atoms with Crippen molar-refractivity contribution in [3.05, 3.63) is 218 Å². The molecule has 0 spiro atoms. The third kappa shape index (κ3) is 5.75. The molecular formula is C55H38N2O. The molecule has 2 heterocycles. The summed E-state index contributed by atoms with van der Waals surface area (Å²) >= 11 is 0. The predicted octanol–water partition coefficient (Wildman–Crippen LogP) is 15.5. The van der Waals surface area contributed by atoms with Gasteiger partial charge >= 0.3 is 0 Å². The summed E-state index contributed by atoms with van der Waals surface area (Å²) in [6, 6.07) is 76.2. The smallest absolute Gasteiger partial charge is 0.159 e. The van der Waals surface area contributed by atoms with Gasteiger partial charge in [-0.2, -0.15) is 0 Å². The lowest BCUT2D eigenvalue weighted by Gasteiger charge is -2.26.